The van der Waals surface area contributed by atoms with E-state index in [1.807, 2.05) is 0 Å². The number of hydrogen-bond donors (Lipinski definition) is 1. The van der Waals surface area contributed by atoms with Crippen LogP contribution in [0.3, 0.4) is 0 Å². The minimum atomic E-state index is -0.968. The third kappa shape index (κ3) is 2.06. The first kappa shape index (κ1) is 11.4. The summed E-state index contributed by atoms with van der Waals surface area (Å²) in [5.41, 5.74) is 1.84. The van der Waals surface area contributed by atoms with Gasteiger partial charge in [0.2, 0.25) is 5.91 Å². The van der Waals surface area contributed by atoms with Gasteiger partial charge in [-0.05, 0) is 30.2 Å². The maximum absolute atomic E-state index is 11.8. The van der Waals surface area contributed by atoms with Gasteiger partial charge < -0.3 is 10.0 Å². The SMILES string of the molecule is C=CCCN1C(=O)Cc2cc(C(=O)O)ccc21. The Morgan fingerprint density at radius 3 is 2.94 bits per heavy atom. The molecule has 4 heteroatoms. The molecule has 0 aromatic heterocycles. The molecule has 0 saturated heterocycles. The first-order valence-corrected chi connectivity index (χ1v) is 5.41. The van der Waals surface area contributed by atoms with Crippen molar-refractivity contribution in [2.75, 3.05) is 11.4 Å². The Bertz CT molecular complexity index is 493. The summed E-state index contributed by atoms with van der Waals surface area (Å²) in [7, 11) is 0. The van der Waals surface area contributed by atoms with E-state index in [-0.39, 0.29) is 17.9 Å². The summed E-state index contributed by atoms with van der Waals surface area (Å²) in [6.07, 6.45) is 2.77. The van der Waals surface area contributed by atoms with E-state index >= 15 is 0 Å². The summed E-state index contributed by atoms with van der Waals surface area (Å²) in [5.74, 6) is -0.950. The molecule has 1 amide bonds. The van der Waals surface area contributed by atoms with E-state index in [9.17, 15) is 9.59 Å². The summed E-state index contributed by atoms with van der Waals surface area (Å²) in [5, 5.41) is 8.88. The van der Waals surface area contributed by atoms with Gasteiger partial charge in [0, 0.05) is 12.2 Å². The van der Waals surface area contributed by atoms with Gasteiger partial charge in [-0.1, -0.05) is 6.08 Å². The molecule has 1 aromatic carbocycles. The zero-order chi connectivity index (χ0) is 12.4. The number of carbonyl (C=O) groups excluding carboxylic acids is 1. The van der Waals surface area contributed by atoms with Crippen molar-refractivity contribution in [3.63, 3.8) is 0 Å². The van der Waals surface area contributed by atoms with Gasteiger partial charge in [-0.25, -0.2) is 4.79 Å². The number of carboxylic acid groups (broad SMARTS) is 1. The zero-order valence-electron chi connectivity index (χ0n) is 9.35. The number of rotatable bonds is 4. The van der Waals surface area contributed by atoms with Gasteiger partial charge in [-0.2, -0.15) is 0 Å². The van der Waals surface area contributed by atoms with Crippen LogP contribution in [0.4, 0.5) is 5.69 Å². The van der Waals surface area contributed by atoms with Crippen molar-refractivity contribution in [2.24, 2.45) is 0 Å². The van der Waals surface area contributed by atoms with Crippen LogP contribution in [0.15, 0.2) is 30.9 Å². The van der Waals surface area contributed by atoms with Crippen molar-refractivity contribution in [3.8, 4) is 0 Å². The molecule has 1 aromatic rings. The fourth-order valence-electron chi connectivity index (χ4n) is 1.98. The molecule has 88 valence electrons. The predicted molar refractivity (Wildman–Crippen MR) is 64.3 cm³/mol. The molecule has 0 saturated carbocycles. The van der Waals surface area contributed by atoms with Crippen LogP contribution in [-0.4, -0.2) is 23.5 Å². The second kappa shape index (κ2) is 4.41. The van der Waals surface area contributed by atoms with Crippen LogP contribution in [0.2, 0.25) is 0 Å². The van der Waals surface area contributed by atoms with Crippen molar-refractivity contribution in [1.29, 1.82) is 0 Å². The van der Waals surface area contributed by atoms with Gasteiger partial charge >= 0.3 is 5.97 Å². The normalized spacial score (nSPS) is 13.6. The molecule has 0 atom stereocenters. The van der Waals surface area contributed by atoms with Crippen LogP contribution in [0, 0.1) is 0 Å². The average Bonchev–Trinajstić information content (AvgIpc) is 2.61. The highest BCUT2D eigenvalue weighted by molar-refractivity contribution is 6.02. The topological polar surface area (TPSA) is 57.6 Å². The molecule has 0 unspecified atom stereocenters. The van der Waals surface area contributed by atoms with E-state index in [4.69, 9.17) is 5.11 Å². The minimum Gasteiger partial charge on any atom is -0.478 e. The summed E-state index contributed by atoms with van der Waals surface area (Å²) in [4.78, 5) is 24.3. The lowest BCUT2D eigenvalue weighted by molar-refractivity contribution is -0.117. The smallest absolute Gasteiger partial charge is 0.335 e. The maximum Gasteiger partial charge on any atom is 0.335 e. The fourth-order valence-corrected chi connectivity index (χ4v) is 1.98. The Kier molecular flexibility index (Phi) is 2.95. The first-order chi connectivity index (χ1) is 8.13. The van der Waals surface area contributed by atoms with Gasteiger partial charge in [-0.3, -0.25) is 4.79 Å². The Morgan fingerprint density at radius 2 is 2.29 bits per heavy atom. The second-order valence-electron chi connectivity index (χ2n) is 3.95. The van der Waals surface area contributed by atoms with Crippen molar-refractivity contribution in [2.45, 2.75) is 12.8 Å². The van der Waals surface area contributed by atoms with Gasteiger partial charge in [0.25, 0.3) is 0 Å². The third-order valence-electron chi connectivity index (χ3n) is 2.82. The largest absolute Gasteiger partial charge is 0.478 e. The molecule has 0 bridgehead atoms. The zero-order valence-corrected chi connectivity index (χ0v) is 9.35. The van der Waals surface area contributed by atoms with Crippen LogP contribution in [-0.2, 0) is 11.2 Å². The lowest BCUT2D eigenvalue weighted by atomic mass is 10.1. The molecule has 1 aliphatic rings. The lowest BCUT2D eigenvalue weighted by Gasteiger charge is -2.16. The quantitative estimate of drug-likeness (QED) is 0.804. The number of carbonyl (C=O) groups is 2. The molecule has 4 nitrogen and oxygen atoms in total. The van der Waals surface area contributed by atoms with Crippen LogP contribution in [0.5, 0.6) is 0 Å². The standard InChI is InChI=1S/C13H13NO3/c1-2-3-6-14-11-5-4-9(13(16)17)7-10(11)8-12(14)15/h2,4-5,7H,1,3,6,8H2,(H,16,17). The van der Waals surface area contributed by atoms with Crippen molar-refractivity contribution >= 4 is 17.6 Å². The molecule has 1 heterocycles. The van der Waals surface area contributed by atoms with E-state index in [2.05, 4.69) is 6.58 Å². The monoisotopic (exact) mass is 231 g/mol. The van der Waals surface area contributed by atoms with Crippen LogP contribution in [0.1, 0.15) is 22.3 Å². The molecule has 2 rings (SSSR count). The number of fused-ring (bicyclic) bond motifs is 1. The summed E-state index contributed by atoms with van der Waals surface area (Å²) < 4.78 is 0. The highest BCUT2D eigenvalue weighted by atomic mass is 16.4. The molecule has 0 aliphatic carbocycles. The minimum absolute atomic E-state index is 0.0180. The molecular weight excluding hydrogens is 218 g/mol. The molecule has 0 radical (unpaired) electrons. The number of anilines is 1. The highest BCUT2D eigenvalue weighted by Gasteiger charge is 2.27. The van der Waals surface area contributed by atoms with Crippen LogP contribution >= 0.6 is 0 Å². The van der Waals surface area contributed by atoms with Gasteiger partial charge in [0.05, 0.1) is 12.0 Å². The Morgan fingerprint density at radius 1 is 1.53 bits per heavy atom. The highest BCUT2D eigenvalue weighted by Crippen LogP contribution is 2.29. The van der Waals surface area contributed by atoms with E-state index in [1.54, 1.807) is 23.1 Å². The number of amides is 1. The number of aromatic carboxylic acids is 1. The Hall–Kier alpha value is -2.10. The van der Waals surface area contributed by atoms with E-state index < -0.39 is 5.97 Å². The Labute approximate surface area is 99.2 Å². The summed E-state index contributed by atoms with van der Waals surface area (Å²) in [6, 6.07) is 4.80. The number of nitrogens with zero attached hydrogens (tertiary/aromatic N) is 1. The van der Waals surface area contributed by atoms with E-state index in [0.717, 1.165) is 17.7 Å². The van der Waals surface area contributed by atoms with Gasteiger partial charge in [0.15, 0.2) is 0 Å². The van der Waals surface area contributed by atoms with E-state index in [1.165, 1.54) is 6.07 Å². The molecule has 1 N–H and O–H groups in total. The van der Waals surface area contributed by atoms with Crippen molar-refractivity contribution in [1.82, 2.24) is 0 Å². The van der Waals surface area contributed by atoms with Crippen molar-refractivity contribution in [3.05, 3.63) is 42.0 Å². The van der Waals surface area contributed by atoms with Crippen LogP contribution < -0.4 is 4.90 Å². The number of benzene rings is 1. The predicted octanol–water partition coefficient (Wildman–Crippen LogP) is 1.85. The second-order valence-corrected chi connectivity index (χ2v) is 3.95. The lowest BCUT2D eigenvalue weighted by Crippen LogP contribution is -2.27. The maximum atomic E-state index is 11.8. The average molecular weight is 231 g/mol. The number of carboxylic acids is 1. The Balaban J connectivity index is 2.31. The fraction of sp³-hybridized carbons (Fsp3) is 0.231. The first-order valence-electron chi connectivity index (χ1n) is 5.41. The molecule has 0 spiro atoms. The third-order valence-corrected chi connectivity index (χ3v) is 2.82. The number of hydrogen-bond acceptors (Lipinski definition) is 2. The molecular formula is C13H13NO3. The van der Waals surface area contributed by atoms with Gasteiger partial charge in [0.1, 0.15) is 0 Å². The molecule has 17 heavy (non-hydrogen) atoms. The molecule has 0 fully saturated rings. The summed E-state index contributed by atoms with van der Waals surface area (Å²) in [6.45, 7) is 4.22. The van der Waals surface area contributed by atoms with Crippen LogP contribution in [0.25, 0.3) is 0 Å². The molecule has 1 aliphatic heterocycles. The summed E-state index contributed by atoms with van der Waals surface area (Å²) >= 11 is 0. The van der Waals surface area contributed by atoms with E-state index in [0.29, 0.717) is 6.54 Å². The van der Waals surface area contributed by atoms with Gasteiger partial charge in [-0.15, -0.1) is 6.58 Å². The van der Waals surface area contributed by atoms with Crippen molar-refractivity contribution < 1.29 is 14.7 Å².